The van der Waals surface area contributed by atoms with Crippen molar-refractivity contribution in [1.82, 2.24) is 20.2 Å². The maximum absolute atomic E-state index is 12.8. The maximum Gasteiger partial charge on any atom is 0.252 e. The molecule has 0 N–H and O–H groups in total. The second-order valence-electron chi connectivity index (χ2n) is 6.48. The number of aromatic nitrogens is 3. The molecule has 2 aliphatic rings. The van der Waals surface area contributed by atoms with Gasteiger partial charge in [0, 0.05) is 18.5 Å². The Balaban J connectivity index is 1.55. The minimum Gasteiger partial charge on any atom is -0.374 e. The van der Waals surface area contributed by atoms with Gasteiger partial charge in [-0.1, -0.05) is 10.3 Å². The first kappa shape index (κ1) is 15.3. The molecule has 8 heteroatoms. The van der Waals surface area contributed by atoms with E-state index in [1.165, 1.54) is 0 Å². The Bertz CT molecular complexity index is 736. The molecule has 1 aliphatic heterocycles. The van der Waals surface area contributed by atoms with Crippen LogP contribution in [0.2, 0.25) is 0 Å². The summed E-state index contributed by atoms with van der Waals surface area (Å²) in [6, 6.07) is 1.41. The Kier molecular flexibility index (Phi) is 3.84. The maximum atomic E-state index is 12.8. The molecule has 0 unspecified atom stereocenters. The molecule has 128 valence electrons. The van der Waals surface area contributed by atoms with Crippen molar-refractivity contribution in [3.8, 4) is 0 Å². The predicted molar refractivity (Wildman–Crippen MR) is 81.1 cm³/mol. The van der Waals surface area contributed by atoms with Crippen molar-refractivity contribution in [1.29, 1.82) is 0 Å². The second kappa shape index (κ2) is 6.01. The summed E-state index contributed by atoms with van der Waals surface area (Å²) >= 11 is 0. The topological polar surface area (TPSA) is 94.5 Å². The SMILES string of the molecule is Cc1cc(CC(=O)N2CCO[C@H](C)[C@H]2c2nc(C3CC3)no2)no1. The molecule has 8 nitrogen and oxygen atoms in total. The van der Waals surface area contributed by atoms with E-state index in [9.17, 15) is 4.79 Å². The lowest BCUT2D eigenvalue weighted by Crippen LogP contribution is -2.48. The fourth-order valence-electron chi connectivity index (χ4n) is 3.07. The van der Waals surface area contributed by atoms with Gasteiger partial charge in [0.25, 0.3) is 5.89 Å². The lowest BCUT2D eigenvalue weighted by atomic mass is 10.1. The van der Waals surface area contributed by atoms with Gasteiger partial charge in [-0.3, -0.25) is 4.79 Å². The van der Waals surface area contributed by atoms with Crippen LogP contribution in [0.15, 0.2) is 15.1 Å². The molecule has 1 saturated heterocycles. The van der Waals surface area contributed by atoms with Gasteiger partial charge in [-0.15, -0.1) is 0 Å². The molecule has 4 rings (SSSR count). The molecule has 0 spiro atoms. The summed E-state index contributed by atoms with van der Waals surface area (Å²) < 4.78 is 16.2. The molecule has 1 aliphatic carbocycles. The second-order valence-corrected chi connectivity index (χ2v) is 6.48. The van der Waals surface area contributed by atoms with Crippen LogP contribution >= 0.6 is 0 Å². The molecular formula is C16H20N4O4. The molecular weight excluding hydrogens is 312 g/mol. The smallest absolute Gasteiger partial charge is 0.252 e. The van der Waals surface area contributed by atoms with E-state index in [0.29, 0.717) is 36.4 Å². The first-order valence-electron chi connectivity index (χ1n) is 8.28. The number of carbonyl (C=O) groups excluding carboxylic acids is 1. The zero-order valence-electron chi connectivity index (χ0n) is 13.8. The summed E-state index contributed by atoms with van der Waals surface area (Å²) in [5.74, 6) is 2.24. The molecule has 0 aromatic carbocycles. The molecule has 3 heterocycles. The van der Waals surface area contributed by atoms with Crippen LogP contribution in [0.5, 0.6) is 0 Å². The first-order chi connectivity index (χ1) is 11.6. The molecule has 0 bridgehead atoms. The Hall–Kier alpha value is -2.22. The largest absolute Gasteiger partial charge is 0.374 e. The van der Waals surface area contributed by atoms with Gasteiger partial charge in [-0.25, -0.2) is 0 Å². The molecule has 2 aromatic heterocycles. The van der Waals surface area contributed by atoms with E-state index in [0.717, 1.165) is 18.7 Å². The van der Waals surface area contributed by atoms with Crippen molar-refractivity contribution in [3.63, 3.8) is 0 Å². The number of carbonyl (C=O) groups is 1. The zero-order valence-corrected chi connectivity index (χ0v) is 13.8. The van der Waals surface area contributed by atoms with Crippen LogP contribution in [0.25, 0.3) is 0 Å². The van der Waals surface area contributed by atoms with Gasteiger partial charge in [-0.05, 0) is 26.7 Å². The fourth-order valence-corrected chi connectivity index (χ4v) is 3.07. The summed E-state index contributed by atoms with van der Waals surface area (Å²) in [5.41, 5.74) is 0.625. The van der Waals surface area contributed by atoms with Gasteiger partial charge in [0.2, 0.25) is 5.91 Å². The Morgan fingerprint density at radius 1 is 1.33 bits per heavy atom. The molecule has 24 heavy (non-hydrogen) atoms. The van der Waals surface area contributed by atoms with Crippen molar-refractivity contribution in [2.24, 2.45) is 0 Å². The van der Waals surface area contributed by atoms with Crippen molar-refractivity contribution < 1.29 is 18.6 Å². The van der Waals surface area contributed by atoms with Crippen LogP contribution in [-0.2, 0) is 16.0 Å². The Labute approximate surface area is 139 Å². The van der Waals surface area contributed by atoms with Crippen molar-refractivity contribution in [3.05, 3.63) is 29.2 Å². The summed E-state index contributed by atoms with van der Waals surface area (Å²) in [6.45, 7) is 4.71. The summed E-state index contributed by atoms with van der Waals surface area (Å²) in [5, 5.41) is 7.96. The van der Waals surface area contributed by atoms with Crippen LogP contribution in [0, 0.1) is 6.92 Å². The predicted octanol–water partition coefficient (Wildman–Crippen LogP) is 1.77. The van der Waals surface area contributed by atoms with E-state index >= 15 is 0 Å². The minimum atomic E-state index is -0.362. The number of amides is 1. The summed E-state index contributed by atoms with van der Waals surface area (Å²) in [4.78, 5) is 19.0. The lowest BCUT2D eigenvalue weighted by Gasteiger charge is -2.37. The number of rotatable bonds is 4. The molecule has 1 amide bonds. The third-order valence-electron chi connectivity index (χ3n) is 4.48. The molecule has 0 radical (unpaired) electrons. The highest BCUT2D eigenvalue weighted by Crippen LogP contribution is 2.39. The van der Waals surface area contributed by atoms with E-state index in [-0.39, 0.29) is 24.5 Å². The van der Waals surface area contributed by atoms with E-state index in [1.807, 2.05) is 6.92 Å². The van der Waals surface area contributed by atoms with Gasteiger partial charge < -0.3 is 18.7 Å². The molecule has 2 fully saturated rings. The summed E-state index contributed by atoms with van der Waals surface area (Å²) in [6.07, 6.45) is 2.19. The van der Waals surface area contributed by atoms with E-state index < -0.39 is 0 Å². The van der Waals surface area contributed by atoms with Gasteiger partial charge in [0.05, 0.1) is 24.8 Å². The highest BCUT2D eigenvalue weighted by atomic mass is 16.5. The van der Waals surface area contributed by atoms with E-state index in [4.69, 9.17) is 13.8 Å². The highest BCUT2D eigenvalue weighted by Gasteiger charge is 2.39. The Morgan fingerprint density at radius 3 is 2.88 bits per heavy atom. The van der Waals surface area contributed by atoms with Crippen LogP contribution < -0.4 is 0 Å². The van der Waals surface area contributed by atoms with Crippen molar-refractivity contribution >= 4 is 5.91 Å². The van der Waals surface area contributed by atoms with Crippen molar-refractivity contribution in [2.45, 2.75) is 51.2 Å². The standard InChI is InChI=1S/C16H20N4O4/c1-9-7-12(18-23-9)8-13(21)20-5-6-22-10(2)14(20)16-17-15(19-24-16)11-3-4-11/h7,10-11,14H,3-6,8H2,1-2H3/t10-,14+/m1/s1. The monoisotopic (exact) mass is 332 g/mol. The van der Waals surface area contributed by atoms with Crippen LogP contribution in [0.4, 0.5) is 0 Å². The lowest BCUT2D eigenvalue weighted by molar-refractivity contribution is -0.146. The number of ether oxygens (including phenoxy) is 1. The van der Waals surface area contributed by atoms with E-state index in [1.54, 1.807) is 17.9 Å². The van der Waals surface area contributed by atoms with Crippen LogP contribution in [0.1, 0.15) is 54.9 Å². The summed E-state index contributed by atoms with van der Waals surface area (Å²) in [7, 11) is 0. The van der Waals surface area contributed by atoms with Gasteiger partial charge in [-0.2, -0.15) is 4.98 Å². The molecule has 1 saturated carbocycles. The number of morpholine rings is 1. The molecule has 2 atom stereocenters. The molecule has 2 aromatic rings. The van der Waals surface area contributed by atoms with Gasteiger partial charge >= 0.3 is 0 Å². The van der Waals surface area contributed by atoms with Crippen LogP contribution in [0.3, 0.4) is 0 Å². The average Bonchev–Trinajstić information content (AvgIpc) is 3.16. The number of nitrogens with zero attached hydrogens (tertiary/aromatic N) is 4. The number of hydrogen-bond donors (Lipinski definition) is 0. The quantitative estimate of drug-likeness (QED) is 0.842. The average molecular weight is 332 g/mol. The minimum absolute atomic E-state index is 0.0466. The first-order valence-corrected chi connectivity index (χ1v) is 8.28. The number of hydrogen-bond acceptors (Lipinski definition) is 7. The third-order valence-corrected chi connectivity index (χ3v) is 4.48. The Morgan fingerprint density at radius 2 is 2.17 bits per heavy atom. The fraction of sp³-hybridized carbons (Fsp3) is 0.625. The number of aryl methyl sites for hydroxylation is 1. The van der Waals surface area contributed by atoms with Gasteiger partial charge in [0.15, 0.2) is 5.82 Å². The zero-order chi connectivity index (χ0) is 16.7. The van der Waals surface area contributed by atoms with Crippen molar-refractivity contribution in [2.75, 3.05) is 13.2 Å². The third kappa shape index (κ3) is 2.93. The normalized spacial score (nSPS) is 24.3. The van der Waals surface area contributed by atoms with E-state index in [2.05, 4.69) is 15.3 Å². The van der Waals surface area contributed by atoms with Crippen LogP contribution in [-0.4, -0.2) is 45.4 Å². The highest BCUT2D eigenvalue weighted by molar-refractivity contribution is 5.78. The van der Waals surface area contributed by atoms with Gasteiger partial charge in [0.1, 0.15) is 11.8 Å².